The van der Waals surface area contributed by atoms with Crippen molar-refractivity contribution in [3.8, 4) is 0 Å². The Morgan fingerprint density at radius 3 is 2.64 bits per heavy atom. The maximum absolute atomic E-state index is 13.2. The van der Waals surface area contributed by atoms with Crippen LogP contribution in [-0.4, -0.2) is 51.2 Å². The monoisotopic (exact) mass is 348 g/mol. The van der Waals surface area contributed by atoms with E-state index < -0.39 is 6.43 Å². The molecule has 0 saturated carbocycles. The van der Waals surface area contributed by atoms with Crippen molar-refractivity contribution in [2.45, 2.75) is 25.9 Å². The molecule has 1 fully saturated rings. The molecule has 7 heteroatoms. The van der Waals surface area contributed by atoms with E-state index in [4.69, 9.17) is 0 Å². The van der Waals surface area contributed by atoms with E-state index in [1.165, 1.54) is 18.8 Å². The summed E-state index contributed by atoms with van der Waals surface area (Å²) in [7, 11) is 1.43. The highest BCUT2D eigenvalue weighted by molar-refractivity contribution is 5.95. The van der Waals surface area contributed by atoms with Gasteiger partial charge in [0.1, 0.15) is 5.69 Å². The molecule has 0 radical (unpaired) electrons. The van der Waals surface area contributed by atoms with E-state index in [0.29, 0.717) is 13.1 Å². The van der Waals surface area contributed by atoms with Crippen LogP contribution >= 0.6 is 0 Å². The standard InChI is InChI=1S/C18H22F2N4O/c1-13-11-23(12-14-6-4-3-5-7-14)8-9-24(13)18(25)15-10-21-22(2)16(15)17(19)20/h3-7,10,13,17H,8-9,11-12H2,1-2H3/t13-/m1/s1. The van der Waals surface area contributed by atoms with Gasteiger partial charge in [0.05, 0.1) is 11.8 Å². The van der Waals surface area contributed by atoms with Gasteiger partial charge in [-0.1, -0.05) is 30.3 Å². The first kappa shape index (κ1) is 17.5. The van der Waals surface area contributed by atoms with Crippen molar-refractivity contribution in [1.82, 2.24) is 19.6 Å². The van der Waals surface area contributed by atoms with Crippen molar-refractivity contribution in [3.63, 3.8) is 0 Å². The fourth-order valence-corrected chi connectivity index (χ4v) is 3.35. The molecule has 3 rings (SSSR count). The van der Waals surface area contributed by atoms with Gasteiger partial charge >= 0.3 is 0 Å². The van der Waals surface area contributed by atoms with Gasteiger partial charge in [-0.15, -0.1) is 0 Å². The Morgan fingerprint density at radius 2 is 2.00 bits per heavy atom. The van der Waals surface area contributed by atoms with E-state index in [1.807, 2.05) is 25.1 Å². The number of hydrogen-bond acceptors (Lipinski definition) is 3. The molecule has 0 bridgehead atoms. The van der Waals surface area contributed by atoms with Crippen molar-refractivity contribution in [2.24, 2.45) is 7.05 Å². The summed E-state index contributed by atoms with van der Waals surface area (Å²) in [5.74, 6) is -0.365. The highest BCUT2D eigenvalue weighted by Gasteiger charge is 2.32. The van der Waals surface area contributed by atoms with Crippen LogP contribution in [0.5, 0.6) is 0 Å². The lowest BCUT2D eigenvalue weighted by atomic mass is 10.1. The quantitative estimate of drug-likeness (QED) is 0.853. The second-order valence-electron chi connectivity index (χ2n) is 6.44. The zero-order valence-electron chi connectivity index (χ0n) is 14.4. The van der Waals surface area contributed by atoms with Crippen molar-refractivity contribution in [1.29, 1.82) is 0 Å². The van der Waals surface area contributed by atoms with Crippen LogP contribution in [-0.2, 0) is 13.6 Å². The molecule has 1 amide bonds. The number of nitrogens with zero attached hydrogens (tertiary/aromatic N) is 4. The summed E-state index contributed by atoms with van der Waals surface area (Å²) in [6.45, 7) is 4.72. The molecule has 1 aliphatic heterocycles. The van der Waals surface area contributed by atoms with Crippen molar-refractivity contribution in [2.75, 3.05) is 19.6 Å². The Morgan fingerprint density at radius 1 is 1.28 bits per heavy atom. The van der Waals surface area contributed by atoms with E-state index in [1.54, 1.807) is 4.90 Å². The minimum absolute atomic E-state index is 0.000796. The number of carbonyl (C=O) groups excluding carboxylic acids is 1. The van der Waals surface area contributed by atoms with Crippen molar-refractivity contribution < 1.29 is 13.6 Å². The Kier molecular flexibility index (Phi) is 5.13. The van der Waals surface area contributed by atoms with Crippen molar-refractivity contribution >= 4 is 5.91 Å². The van der Waals surface area contributed by atoms with E-state index >= 15 is 0 Å². The molecule has 1 aromatic carbocycles. The molecule has 2 aromatic rings. The summed E-state index contributed by atoms with van der Waals surface area (Å²) >= 11 is 0. The van der Waals surface area contributed by atoms with E-state index in [-0.39, 0.29) is 23.2 Å². The number of benzene rings is 1. The first-order valence-electron chi connectivity index (χ1n) is 8.34. The van der Waals surface area contributed by atoms with Crippen molar-refractivity contribution in [3.05, 3.63) is 53.3 Å². The molecule has 0 N–H and O–H groups in total. The van der Waals surface area contributed by atoms with E-state index in [0.717, 1.165) is 17.8 Å². The van der Waals surface area contributed by atoms with Gasteiger partial charge < -0.3 is 4.90 Å². The number of alkyl halides is 2. The molecule has 25 heavy (non-hydrogen) atoms. The SMILES string of the molecule is C[C@@H]1CN(Cc2ccccc2)CCN1C(=O)c1cnn(C)c1C(F)F. The van der Waals surface area contributed by atoms with Gasteiger partial charge in [0.2, 0.25) is 0 Å². The maximum Gasteiger partial charge on any atom is 0.280 e. The Bertz CT molecular complexity index is 732. The highest BCUT2D eigenvalue weighted by Crippen LogP contribution is 2.25. The molecule has 134 valence electrons. The molecule has 1 atom stereocenters. The smallest absolute Gasteiger partial charge is 0.280 e. The average molecular weight is 348 g/mol. The normalized spacial score (nSPS) is 18.8. The van der Waals surface area contributed by atoms with Gasteiger partial charge in [-0.05, 0) is 12.5 Å². The molecule has 1 aromatic heterocycles. The fraction of sp³-hybridized carbons (Fsp3) is 0.444. The lowest BCUT2D eigenvalue weighted by Gasteiger charge is -2.40. The zero-order valence-corrected chi connectivity index (χ0v) is 14.4. The van der Waals surface area contributed by atoms with E-state index in [2.05, 4.69) is 22.1 Å². The predicted octanol–water partition coefficient (Wildman–Crippen LogP) is 2.70. The summed E-state index contributed by atoms with van der Waals surface area (Å²) in [5.41, 5.74) is 0.909. The summed E-state index contributed by atoms with van der Waals surface area (Å²) < 4.78 is 27.5. The number of amides is 1. The van der Waals surface area contributed by atoms with Crippen LogP contribution < -0.4 is 0 Å². The lowest BCUT2D eigenvalue weighted by molar-refractivity contribution is 0.0466. The van der Waals surface area contributed by atoms with Gasteiger partial charge in [0.15, 0.2) is 0 Å². The van der Waals surface area contributed by atoms with E-state index in [9.17, 15) is 13.6 Å². The predicted molar refractivity (Wildman–Crippen MR) is 90.4 cm³/mol. The summed E-state index contributed by atoms with van der Waals surface area (Å²) in [5, 5.41) is 3.83. The first-order chi connectivity index (χ1) is 12.0. The van der Waals surface area contributed by atoms with Crippen LogP contribution in [0.2, 0.25) is 0 Å². The Balaban J connectivity index is 1.68. The minimum Gasteiger partial charge on any atom is -0.333 e. The molecule has 0 spiro atoms. The lowest BCUT2D eigenvalue weighted by Crippen LogP contribution is -2.53. The average Bonchev–Trinajstić information content (AvgIpc) is 2.97. The van der Waals surface area contributed by atoms with Crippen LogP contribution in [0.15, 0.2) is 36.5 Å². The second kappa shape index (κ2) is 7.31. The van der Waals surface area contributed by atoms with Gasteiger partial charge in [0.25, 0.3) is 12.3 Å². The summed E-state index contributed by atoms with van der Waals surface area (Å²) in [6.07, 6.45) is -1.48. The number of piperazine rings is 1. The molecular formula is C18H22F2N4O. The van der Waals surface area contributed by atoms with Gasteiger partial charge in [0, 0.05) is 39.3 Å². The highest BCUT2D eigenvalue weighted by atomic mass is 19.3. The van der Waals surface area contributed by atoms with Crippen LogP contribution in [0.1, 0.15) is 35.0 Å². The molecule has 0 aliphatic carbocycles. The Labute approximate surface area is 145 Å². The van der Waals surface area contributed by atoms with Crippen LogP contribution in [0, 0.1) is 0 Å². The molecule has 0 unspecified atom stereocenters. The second-order valence-corrected chi connectivity index (χ2v) is 6.44. The molecule has 5 nitrogen and oxygen atoms in total. The molecule has 1 aliphatic rings. The topological polar surface area (TPSA) is 41.4 Å². The summed E-state index contributed by atoms with van der Waals surface area (Å²) in [6, 6.07) is 10.1. The molecule has 1 saturated heterocycles. The van der Waals surface area contributed by atoms with Gasteiger partial charge in [-0.3, -0.25) is 14.4 Å². The third-order valence-electron chi connectivity index (χ3n) is 4.64. The minimum atomic E-state index is -2.72. The Hall–Kier alpha value is -2.28. The third-order valence-corrected chi connectivity index (χ3v) is 4.64. The zero-order chi connectivity index (χ0) is 18.0. The van der Waals surface area contributed by atoms with Crippen LogP contribution in [0.25, 0.3) is 0 Å². The first-order valence-corrected chi connectivity index (χ1v) is 8.34. The van der Waals surface area contributed by atoms with Crippen LogP contribution in [0.3, 0.4) is 0 Å². The number of rotatable bonds is 4. The maximum atomic E-state index is 13.2. The van der Waals surface area contributed by atoms with Gasteiger partial charge in [-0.25, -0.2) is 8.78 Å². The number of carbonyl (C=O) groups is 1. The van der Waals surface area contributed by atoms with Crippen LogP contribution in [0.4, 0.5) is 8.78 Å². The molecule has 2 heterocycles. The largest absolute Gasteiger partial charge is 0.333 e. The molecular weight excluding hydrogens is 326 g/mol. The summed E-state index contributed by atoms with van der Waals surface area (Å²) in [4.78, 5) is 16.7. The fourth-order valence-electron chi connectivity index (χ4n) is 3.35. The van der Waals surface area contributed by atoms with Gasteiger partial charge in [-0.2, -0.15) is 5.10 Å². The number of halogens is 2. The number of aromatic nitrogens is 2. The number of aryl methyl sites for hydroxylation is 1. The number of hydrogen-bond donors (Lipinski definition) is 0. The third kappa shape index (κ3) is 3.71.